The monoisotopic (exact) mass is 303 g/mol. The van der Waals surface area contributed by atoms with Gasteiger partial charge >= 0.3 is 0 Å². The van der Waals surface area contributed by atoms with Gasteiger partial charge in [0.05, 0.1) is 12.3 Å². The van der Waals surface area contributed by atoms with Crippen LogP contribution in [0.2, 0.25) is 0 Å². The van der Waals surface area contributed by atoms with Crippen molar-refractivity contribution in [1.82, 2.24) is 14.9 Å². The van der Waals surface area contributed by atoms with Gasteiger partial charge in [-0.2, -0.15) is 0 Å². The fourth-order valence-corrected chi connectivity index (χ4v) is 3.76. The number of rotatable bonds is 3. The maximum atomic E-state index is 12.2. The van der Waals surface area contributed by atoms with Crippen molar-refractivity contribution in [2.24, 2.45) is 0 Å². The van der Waals surface area contributed by atoms with E-state index in [1.54, 1.807) is 0 Å². The number of nitrogens with zero attached hydrogens (tertiary/aromatic N) is 1. The number of carbonyl (C=O) groups excluding carboxylic acids is 1. The molecule has 0 aromatic heterocycles. The van der Waals surface area contributed by atoms with Gasteiger partial charge in [-0.25, -0.2) is 12.7 Å². The summed E-state index contributed by atoms with van der Waals surface area (Å²) in [5, 5.41) is 6.35. The van der Waals surface area contributed by atoms with E-state index in [1.807, 2.05) is 0 Å². The Labute approximate surface area is 121 Å². The van der Waals surface area contributed by atoms with Gasteiger partial charge < -0.3 is 10.6 Å². The Bertz CT molecular complexity index is 422. The van der Waals surface area contributed by atoms with Crippen LogP contribution in [0.4, 0.5) is 0 Å². The SMILES string of the molecule is CS(=O)(=O)N1CCC(NC(=O)C2CCCCCN2)CC1. The third-order valence-corrected chi connectivity index (χ3v) is 5.45. The Morgan fingerprint density at radius 2 is 1.85 bits per heavy atom. The van der Waals surface area contributed by atoms with Gasteiger partial charge in [0.1, 0.15) is 0 Å². The Kier molecular flexibility index (Phi) is 5.40. The molecule has 0 saturated carbocycles. The summed E-state index contributed by atoms with van der Waals surface area (Å²) in [6.07, 6.45) is 6.95. The lowest BCUT2D eigenvalue weighted by atomic mass is 10.0. The van der Waals surface area contributed by atoms with Crippen LogP contribution in [0, 0.1) is 0 Å². The van der Waals surface area contributed by atoms with Gasteiger partial charge in [-0.15, -0.1) is 0 Å². The van der Waals surface area contributed by atoms with Crippen LogP contribution in [-0.4, -0.2) is 56.6 Å². The highest BCUT2D eigenvalue weighted by molar-refractivity contribution is 7.88. The maximum absolute atomic E-state index is 12.2. The van der Waals surface area contributed by atoms with Gasteiger partial charge in [0.2, 0.25) is 15.9 Å². The van der Waals surface area contributed by atoms with E-state index in [1.165, 1.54) is 17.0 Å². The first-order valence-electron chi connectivity index (χ1n) is 7.46. The second-order valence-electron chi connectivity index (χ2n) is 5.80. The molecule has 0 radical (unpaired) electrons. The lowest BCUT2D eigenvalue weighted by Gasteiger charge is -2.31. The number of nitrogens with one attached hydrogen (secondary N) is 2. The van der Waals surface area contributed by atoms with Gasteiger partial charge in [-0.3, -0.25) is 4.79 Å². The summed E-state index contributed by atoms with van der Waals surface area (Å²) >= 11 is 0. The van der Waals surface area contributed by atoms with E-state index in [0.717, 1.165) is 25.8 Å². The van der Waals surface area contributed by atoms with E-state index >= 15 is 0 Å². The van der Waals surface area contributed by atoms with Crippen molar-refractivity contribution < 1.29 is 13.2 Å². The largest absolute Gasteiger partial charge is 0.352 e. The fourth-order valence-electron chi connectivity index (χ4n) is 2.89. The molecule has 0 spiro atoms. The first-order valence-corrected chi connectivity index (χ1v) is 9.30. The van der Waals surface area contributed by atoms with E-state index in [0.29, 0.717) is 25.9 Å². The van der Waals surface area contributed by atoms with Crippen molar-refractivity contribution in [3.63, 3.8) is 0 Å². The van der Waals surface area contributed by atoms with E-state index in [9.17, 15) is 13.2 Å². The summed E-state index contributed by atoms with van der Waals surface area (Å²) in [7, 11) is -3.09. The number of hydrogen-bond donors (Lipinski definition) is 2. The molecule has 2 saturated heterocycles. The van der Waals surface area contributed by atoms with E-state index in [2.05, 4.69) is 10.6 Å². The topological polar surface area (TPSA) is 78.5 Å². The molecule has 1 amide bonds. The summed E-state index contributed by atoms with van der Waals surface area (Å²) < 4.78 is 24.3. The third-order valence-electron chi connectivity index (χ3n) is 4.15. The highest BCUT2D eigenvalue weighted by Crippen LogP contribution is 2.14. The zero-order valence-electron chi connectivity index (χ0n) is 12.1. The van der Waals surface area contributed by atoms with Gasteiger partial charge in [-0.1, -0.05) is 12.8 Å². The number of carbonyl (C=O) groups is 1. The highest BCUT2D eigenvalue weighted by Gasteiger charge is 2.27. The summed E-state index contributed by atoms with van der Waals surface area (Å²) in [5.74, 6) is 0.0738. The van der Waals surface area contributed by atoms with Gasteiger partial charge in [0, 0.05) is 19.1 Å². The van der Waals surface area contributed by atoms with Crippen molar-refractivity contribution >= 4 is 15.9 Å². The average molecular weight is 303 g/mol. The van der Waals surface area contributed by atoms with Crippen LogP contribution < -0.4 is 10.6 Å². The molecule has 0 aromatic carbocycles. The molecule has 0 bridgehead atoms. The molecule has 1 unspecified atom stereocenters. The minimum Gasteiger partial charge on any atom is -0.352 e. The van der Waals surface area contributed by atoms with Crippen molar-refractivity contribution in [2.45, 2.75) is 50.6 Å². The molecule has 20 heavy (non-hydrogen) atoms. The molecular weight excluding hydrogens is 278 g/mol. The molecule has 116 valence electrons. The Morgan fingerprint density at radius 1 is 1.15 bits per heavy atom. The number of amides is 1. The molecule has 6 nitrogen and oxygen atoms in total. The predicted molar refractivity (Wildman–Crippen MR) is 77.8 cm³/mol. The van der Waals surface area contributed by atoms with Crippen molar-refractivity contribution in [3.8, 4) is 0 Å². The van der Waals surface area contributed by atoms with Crippen molar-refractivity contribution in [3.05, 3.63) is 0 Å². The quantitative estimate of drug-likeness (QED) is 0.773. The van der Waals surface area contributed by atoms with Gasteiger partial charge in [0.15, 0.2) is 0 Å². The molecule has 2 fully saturated rings. The average Bonchev–Trinajstić information content (AvgIpc) is 2.67. The minimum atomic E-state index is -3.09. The maximum Gasteiger partial charge on any atom is 0.237 e. The summed E-state index contributed by atoms with van der Waals surface area (Å²) in [4.78, 5) is 12.2. The van der Waals surface area contributed by atoms with Crippen LogP contribution in [0.1, 0.15) is 38.5 Å². The first kappa shape index (κ1) is 15.7. The summed E-state index contributed by atoms with van der Waals surface area (Å²) in [5.41, 5.74) is 0. The lowest BCUT2D eigenvalue weighted by molar-refractivity contribution is -0.124. The number of sulfonamides is 1. The van der Waals surface area contributed by atoms with Gasteiger partial charge in [-0.05, 0) is 32.2 Å². The molecule has 0 aliphatic carbocycles. The fraction of sp³-hybridized carbons (Fsp3) is 0.923. The van der Waals surface area contributed by atoms with Crippen LogP contribution in [0.25, 0.3) is 0 Å². The molecule has 2 N–H and O–H groups in total. The third kappa shape index (κ3) is 4.43. The van der Waals surface area contributed by atoms with Crippen LogP contribution in [0.3, 0.4) is 0 Å². The molecule has 1 atom stereocenters. The molecule has 0 aromatic rings. The molecule has 7 heteroatoms. The molecule has 2 aliphatic heterocycles. The Hall–Kier alpha value is -0.660. The lowest BCUT2D eigenvalue weighted by Crippen LogP contribution is -2.51. The molecular formula is C13H25N3O3S. The van der Waals surface area contributed by atoms with E-state index in [-0.39, 0.29) is 18.0 Å². The van der Waals surface area contributed by atoms with E-state index in [4.69, 9.17) is 0 Å². The van der Waals surface area contributed by atoms with E-state index < -0.39 is 10.0 Å². The van der Waals surface area contributed by atoms with Crippen molar-refractivity contribution in [1.29, 1.82) is 0 Å². The minimum absolute atomic E-state index is 0.0738. The smallest absolute Gasteiger partial charge is 0.237 e. The van der Waals surface area contributed by atoms with Gasteiger partial charge in [0.25, 0.3) is 0 Å². The normalized spacial score (nSPS) is 26.9. The first-order chi connectivity index (χ1) is 9.47. The summed E-state index contributed by atoms with van der Waals surface area (Å²) in [6.45, 7) is 1.91. The number of hydrogen-bond acceptors (Lipinski definition) is 4. The predicted octanol–water partition coefficient (Wildman–Crippen LogP) is 0.0588. The Morgan fingerprint density at radius 3 is 2.50 bits per heavy atom. The van der Waals surface area contributed by atoms with Crippen LogP contribution in [0.5, 0.6) is 0 Å². The zero-order chi connectivity index (χ0) is 14.6. The zero-order valence-corrected chi connectivity index (χ0v) is 12.9. The molecule has 2 rings (SSSR count). The summed E-state index contributed by atoms with van der Waals surface area (Å²) in [6, 6.07) is 0.0241. The Balaban J connectivity index is 1.78. The van der Waals surface area contributed by atoms with Crippen LogP contribution in [0.15, 0.2) is 0 Å². The molecule has 2 heterocycles. The van der Waals surface area contributed by atoms with Crippen molar-refractivity contribution in [2.75, 3.05) is 25.9 Å². The second kappa shape index (κ2) is 6.87. The van der Waals surface area contributed by atoms with Crippen LogP contribution >= 0.6 is 0 Å². The number of piperidine rings is 1. The highest BCUT2D eigenvalue weighted by atomic mass is 32.2. The second-order valence-corrected chi connectivity index (χ2v) is 7.78. The van der Waals surface area contributed by atoms with Crippen LogP contribution in [-0.2, 0) is 14.8 Å². The molecule has 2 aliphatic rings. The standard InChI is InChI=1S/C13H25N3O3S/c1-20(18,19)16-9-6-11(7-10-16)15-13(17)12-5-3-2-4-8-14-12/h11-12,14H,2-10H2,1H3,(H,15,17).